The van der Waals surface area contributed by atoms with E-state index in [-0.39, 0.29) is 18.2 Å². The molecule has 1 aliphatic rings. The van der Waals surface area contributed by atoms with Crippen LogP contribution in [0.15, 0.2) is 18.2 Å². The summed E-state index contributed by atoms with van der Waals surface area (Å²) < 4.78 is 16.6. The molecule has 1 fully saturated rings. The zero-order valence-corrected chi connectivity index (χ0v) is 13.3. The van der Waals surface area contributed by atoms with Gasteiger partial charge in [0.1, 0.15) is 11.5 Å². The quantitative estimate of drug-likeness (QED) is 0.897. The van der Waals surface area contributed by atoms with E-state index >= 15 is 0 Å². The summed E-state index contributed by atoms with van der Waals surface area (Å²) in [4.78, 5) is 2.38. The zero-order valence-electron chi connectivity index (χ0n) is 13.3. The Morgan fingerprint density at radius 3 is 2.43 bits per heavy atom. The third kappa shape index (κ3) is 3.67. The molecule has 2 rings (SSSR count). The molecule has 0 amide bonds. The minimum atomic E-state index is 0.125. The normalized spacial score (nSPS) is 24.6. The van der Waals surface area contributed by atoms with Crippen LogP contribution < -0.4 is 15.2 Å². The Balaban J connectivity index is 2.28. The van der Waals surface area contributed by atoms with Crippen LogP contribution in [0.25, 0.3) is 0 Å². The van der Waals surface area contributed by atoms with E-state index in [4.69, 9.17) is 19.9 Å². The molecule has 5 nitrogen and oxygen atoms in total. The molecule has 21 heavy (non-hydrogen) atoms. The molecule has 3 atom stereocenters. The summed E-state index contributed by atoms with van der Waals surface area (Å²) in [5.74, 6) is 1.60. The lowest BCUT2D eigenvalue weighted by atomic mass is 10.0. The smallest absolute Gasteiger partial charge is 0.127 e. The van der Waals surface area contributed by atoms with Crippen molar-refractivity contribution >= 4 is 0 Å². The Morgan fingerprint density at radius 2 is 1.90 bits per heavy atom. The molecule has 0 unspecified atom stereocenters. The predicted molar refractivity (Wildman–Crippen MR) is 82.9 cm³/mol. The van der Waals surface area contributed by atoms with Gasteiger partial charge in [0.25, 0.3) is 0 Å². The summed E-state index contributed by atoms with van der Waals surface area (Å²) in [7, 11) is 3.33. The molecule has 5 heteroatoms. The van der Waals surface area contributed by atoms with Crippen molar-refractivity contribution in [2.45, 2.75) is 32.1 Å². The van der Waals surface area contributed by atoms with Gasteiger partial charge < -0.3 is 19.9 Å². The van der Waals surface area contributed by atoms with Gasteiger partial charge in [-0.3, -0.25) is 4.90 Å². The van der Waals surface area contributed by atoms with Crippen LogP contribution in [0.3, 0.4) is 0 Å². The van der Waals surface area contributed by atoms with Gasteiger partial charge in [-0.15, -0.1) is 0 Å². The summed E-state index contributed by atoms with van der Waals surface area (Å²) in [5, 5.41) is 0. The lowest BCUT2D eigenvalue weighted by molar-refractivity contribution is -0.0801. The van der Waals surface area contributed by atoms with E-state index in [1.807, 2.05) is 18.2 Å². The van der Waals surface area contributed by atoms with Crippen LogP contribution in [-0.4, -0.2) is 51.0 Å². The van der Waals surface area contributed by atoms with E-state index in [0.717, 1.165) is 30.2 Å². The molecule has 1 heterocycles. The van der Waals surface area contributed by atoms with Gasteiger partial charge in [0, 0.05) is 31.3 Å². The highest BCUT2D eigenvalue weighted by atomic mass is 16.5. The number of nitrogens with two attached hydrogens (primary N) is 1. The van der Waals surface area contributed by atoms with Gasteiger partial charge in [0.15, 0.2) is 0 Å². The van der Waals surface area contributed by atoms with E-state index in [9.17, 15) is 0 Å². The van der Waals surface area contributed by atoms with Crippen molar-refractivity contribution in [3.63, 3.8) is 0 Å². The van der Waals surface area contributed by atoms with Gasteiger partial charge in [0.05, 0.1) is 32.5 Å². The third-order valence-electron chi connectivity index (χ3n) is 3.91. The molecule has 1 aliphatic heterocycles. The maximum Gasteiger partial charge on any atom is 0.127 e. The van der Waals surface area contributed by atoms with E-state index in [1.54, 1.807) is 14.2 Å². The fourth-order valence-corrected chi connectivity index (χ4v) is 3.04. The molecule has 0 radical (unpaired) electrons. The second kappa shape index (κ2) is 7.11. The number of hydrogen-bond donors (Lipinski definition) is 1. The highest BCUT2D eigenvalue weighted by Gasteiger charge is 2.29. The fourth-order valence-electron chi connectivity index (χ4n) is 3.04. The molecule has 118 valence electrons. The Morgan fingerprint density at radius 1 is 1.24 bits per heavy atom. The number of benzene rings is 1. The first-order valence-electron chi connectivity index (χ1n) is 7.40. The number of hydrogen-bond acceptors (Lipinski definition) is 5. The summed E-state index contributed by atoms with van der Waals surface area (Å²) in [6, 6.07) is 6.03. The topological polar surface area (TPSA) is 57.0 Å². The van der Waals surface area contributed by atoms with Crippen molar-refractivity contribution in [1.82, 2.24) is 4.90 Å². The number of methoxy groups -OCH3 is 2. The first-order valence-corrected chi connectivity index (χ1v) is 7.40. The molecule has 1 aromatic carbocycles. The van der Waals surface area contributed by atoms with E-state index in [2.05, 4.69) is 18.7 Å². The van der Waals surface area contributed by atoms with Gasteiger partial charge in [-0.05, 0) is 19.9 Å². The van der Waals surface area contributed by atoms with Crippen LogP contribution in [0.5, 0.6) is 11.5 Å². The second-order valence-corrected chi connectivity index (χ2v) is 5.57. The maximum absolute atomic E-state index is 6.05. The van der Waals surface area contributed by atoms with Gasteiger partial charge in [0.2, 0.25) is 0 Å². The SMILES string of the molecule is COc1ccc([C@H](CN)N2C[C@@H](C)O[C@H](C)C2)c(OC)c1. The van der Waals surface area contributed by atoms with Crippen LogP contribution in [0.2, 0.25) is 0 Å². The molecule has 1 saturated heterocycles. The van der Waals surface area contributed by atoms with E-state index < -0.39 is 0 Å². The van der Waals surface area contributed by atoms with Crippen molar-refractivity contribution in [1.29, 1.82) is 0 Å². The number of nitrogens with zero attached hydrogens (tertiary/aromatic N) is 1. The molecule has 1 aromatic rings. The largest absolute Gasteiger partial charge is 0.497 e. The van der Waals surface area contributed by atoms with Crippen molar-refractivity contribution in [3.8, 4) is 11.5 Å². The molecule has 0 bridgehead atoms. The molecule has 2 N–H and O–H groups in total. The Bertz CT molecular complexity index is 457. The Hall–Kier alpha value is -1.30. The number of rotatable bonds is 5. The average Bonchev–Trinajstić information content (AvgIpc) is 2.47. The lowest BCUT2D eigenvalue weighted by Gasteiger charge is -2.40. The minimum absolute atomic E-state index is 0.125. The van der Waals surface area contributed by atoms with Crippen LogP contribution in [0.1, 0.15) is 25.5 Å². The molecule has 0 aliphatic carbocycles. The Kier molecular flexibility index (Phi) is 5.45. The van der Waals surface area contributed by atoms with Crippen molar-refractivity contribution in [3.05, 3.63) is 23.8 Å². The summed E-state index contributed by atoms with van der Waals surface area (Å²) in [5.41, 5.74) is 7.15. The summed E-state index contributed by atoms with van der Waals surface area (Å²) in [6.07, 6.45) is 0.430. The maximum atomic E-state index is 6.05. The minimum Gasteiger partial charge on any atom is -0.497 e. The van der Waals surface area contributed by atoms with Gasteiger partial charge in [-0.2, -0.15) is 0 Å². The van der Waals surface area contributed by atoms with Gasteiger partial charge in [-0.1, -0.05) is 6.07 Å². The highest BCUT2D eigenvalue weighted by molar-refractivity contribution is 5.42. The van der Waals surface area contributed by atoms with Crippen LogP contribution in [0, 0.1) is 0 Å². The van der Waals surface area contributed by atoms with Crippen LogP contribution in [-0.2, 0) is 4.74 Å². The number of morpholine rings is 1. The fraction of sp³-hybridized carbons (Fsp3) is 0.625. The predicted octanol–water partition coefficient (Wildman–Crippen LogP) is 1.81. The van der Waals surface area contributed by atoms with Gasteiger partial charge in [-0.25, -0.2) is 0 Å². The monoisotopic (exact) mass is 294 g/mol. The first-order chi connectivity index (χ1) is 10.1. The molecule has 0 aromatic heterocycles. The van der Waals surface area contributed by atoms with Crippen molar-refractivity contribution in [2.75, 3.05) is 33.9 Å². The summed E-state index contributed by atoms with van der Waals surface area (Å²) in [6.45, 7) is 6.49. The van der Waals surface area contributed by atoms with Gasteiger partial charge >= 0.3 is 0 Å². The lowest BCUT2D eigenvalue weighted by Crippen LogP contribution is -2.48. The zero-order chi connectivity index (χ0) is 15.4. The standard InChI is InChI=1S/C16H26N2O3/c1-11-9-18(10-12(2)21-11)15(8-17)14-6-5-13(19-3)7-16(14)20-4/h5-7,11-12,15H,8-10,17H2,1-4H3/t11-,12-,15+/m1/s1. The number of ether oxygens (including phenoxy) is 3. The second-order valence-electron chi connectivity index (χ2n) is 5.57. The van der Waals surface area contributed by atoms with Crippen molar-refractivity contribution in [2.24, 2.45) is 5.73 Å². The third-order valence-corrected chi connectivity index (χ3v) is 3.91. The molecule has 0 spiro atoms. The Labute approximate surface area is 127 Å². The highest BCUT2D eigenvalue weighted by Crippen LogP contribution is 2.33. The van der Waals surface area contributed by atoms with Crippen LogP contribution >= 0.6 is 0 Å². The molecule has 0 saturated carbocycles. The van der Waals surface area contributed by atoms with E-state index in [0.29, 0.717) is 6.54 Å². The van der Waals surface area contributed by atoms with Crippen molar-refractivity contribution < 1.29 is 14.2 Å². The first kappa shape index (κ1) is 16.1. The average molecular weight is 294 g/mol. The van der Waals surface area contributed by atoms with Crippen LogP contribution in [0.4, 0.5) is 0 Å². The van der Waals surface area contributed by atoms with E-state index in [1.165, 1.54) is 0 Å². The molecular weight excluding hydrogens is 268 g/mol. The summed E-state index contributed by atoms with van der Waals surface area (Å²) >= 11 is 0. The molecular formula is C16H26N2O3.